The Balaban J connectivity index is 0.00000363. The van der Waals surface area contributed by atoms with Gasteiger partial charge in [0.25, 0.3) is 5.91 Å². The van der Waals surface area contributed by atoms with Crippen LogP contribution in [0.15, 0.2) is 47.5 Å². The van der Waals surface area contributed by atoms with Crippen molar-refractivity contribution < 1.29 is 4.79 Å². The number of carbonyl (C=O) groups excluding carboxylic acids is 1. The van der Waals surface area contributed by atoms with Gasteiger partial charge in [-0.15, -0.1) is 24.0 Å². The second-order valence-corrected chi connectivity index (χ2v) is 8.26. The summed E-state index contributed by atoms with van der Waals surface area (Å²) in [4.78, 5) is 23.3. The Morgan fingerprint density at radius 2 is 1.69 bits per heavy atom. The van der Waals surface area contributed by atoms with Gasteiger partial charge in [-0.2, -0.15) is 0 Å². The molecule has 32 heavy (non-hydrogen) atoms. The van der Waals surface area contributed by atoms with E-state index in [0.717, 1.165) is 44.2 Å². The van der Waals surface area contributed by atoms with Crippen molar-refractivity contribution in [3.8, 4) is 0 Å². The number of guanidine groups is 1. The maximum Gasteiger partial charge on any atom is 0.253 e. The van der Waals surface area contributed by atoms with E-state index in [4.69, 9.17) is 4.99 Å². The Kier molecular flexibility index (Phi) is 9.81. The van der Waals surface area contributed by atoms with Gasteiger partial charge in [-0.1, -0.05) is 24.3 Å². The second kappa shape index (κ2) is 12.1. The average molecular weight is 550 g/mol. The Morgan fingerprint density at radius 3 is 2.28 bits per heavy atom. The summed E-state index contributed by atoms with van der Waals surface area (Å²) in [6.07, 6.45) is 0. The van der Waals surface area contributed by atoms with E-state index in [1.807, 2.05) is 24.3 Å². The molecule has 0 saturated carbocycles. The van der Waals surface area contributed by atoms with Crippen LogP contribution < -0.4 is 10.2 Å². The predicted molar refractivity (Wildman–Crippen MR) is 144 cm³/mol. The fourth-order valence-corrected chi connectivity index (χ4v) is 3.84. The molecular weight excluding hydrogens is 513 g/mol. The molecule has 1 amide bonds. The smallest absolute Gasteiger partial charge is 0.253 e. The Labute approximate surface area is 209 Å². The van der Waals surface area contributed by atoms with E-state index in [9.17, 15) is 4.79 Å². The maximum absolute atomic E-state index is 12.1. The van der Waals surface area contributed by atoms with Crippen molar-refractivity contribution in [2.45, 2.75) is 27.3 Å². The maximum atomic E-state index is 12.1. The van der Waals surface area contributed by atoms with Crippen LogP contribution in [0.1, 0.15) is 34.0 Å². The fourth-order valence-electron chi connectivity index (χ4n) is 3.84. The van der Waals surface area contributed by atoms with Gasteiger partial charge in [-0.05, 0) is 55.7 Å². The summed E-state index contributed by atoms with van der Waals surface area (Å²) in [7, 11) is 3.53. The zero-order valence-corrected chi connectivity index (χ0v) is 22.2. The molecule has 2 aromatic carbocycles. The zero-order chi connectivity index (χ0) is 22.4. The third kappa shape index (κ3) is 6.37. The van der Waals surface area contributed by atoms with Gasteiger partial charge in [0.05, 0.1) is 6.54 Å². The van der Waals surface area contributed by atoms with Crippen LogP contribution in [-0.2, 0) is 6.54 Å². The van der Waals surface area contributed by atoms with Gasteiger partial charge in [-0.25, -0.2) is 4.99 Å². The molecule has 0 spiro atoms. The highest BCUT2D eigenvalue weighted by atomic mass is 127. The van der Waals surface area contributed by atoms with Crippen LogP contribution in [0, 0.1) is 13.8 Å². The predicted octanol–water partition coefficient (Wildman–Crippen LogP) is 3.91. The first-order valence-corrected chi connectivity index (χ1v) is 11.1. The first-order valence-electron chi connectivity index (χ1n) is 11.1. The average Bonchev–Trinajstić information content (AvgIpc) is 2.78. The summed E-state index contributed by atoms with van der Waals surface area (Å²) in [6, 6.07) is 14.3. The van der Waals surface area contributed by atoms with Crippen LogP contribution in [0.2, 0.25) is 0 Å². The summed E-state index contributed by atoms with van der Waals surface area (Å²) >= 11 is 0. The highest BCUT2D eigenvalue weighted by molar-refractivity contribution is 14.0. The van der Waals surface area contributed by atoms with Gasteiger partial charge in [0.15, 0.2) is 5.96 Å². The molecule has 1 aliphatic heterocycles. The van der Waals surface area contributed by atoms with E-state index >= 15 is 0 Å². The van der Waals surface area contributed by atoms with Crippen LogP contribution in [-0.4, -0.2) is 68.5 Å². The molecule has 0 atom stereocenters. The highest BCUT2D eigenvalue weighted by Gasteiger charge is 2.21. The molecule has 174 valence electrons. The number of benzene rings is 2. The molecule has 0 bridgehead atoms. The number of aryl methyl sites for hydroxylation is 1. The Morgan fingerprint density at radius 1 is 1.03 bits per heavy atom. The van der Waals surface area contributed by atoms with Crippen molar-refractivity contribution in [1.29, 1.82) is 0 Å². The normalized spacial score (nSPS) is 14.1. The molecule has 1 aliphatic rings. The monoisotopic (exact) mass is 549 g/mol. The molecular formula is C25H36IN5O. The van der Waals surface area contributed by atoms with Gasteiger partial charge >= 0.3 is 0 Å². The second-order valence-electron chi connectivity index (χ2n) is 8.26. The molecule has 2 aromatic rings. The van der Waals surface area contributed by atoms with Gasteiger partial charge in [0, 0.05) is 58.1 Å². The zero-order valence-electron chi connectivity index (χ0n) is 19.9. The number of nitrogens with zero attached hydrogens (tertiary/aromatic N) is 4. The highest BCUT2D eigenvalue weighted by Crippen LogP contribution is 2.24. The molecule has 0 radical (unpaired) electrons. The van der Waals surface area contributed by atoms with E-state index in [-0.39, 0.29) is 29.9 Å². The lowest BCUT2D eigenvalue weighted by molar-refractivity contribution is 0.0827. The number of halogens is 1. The number of nitrogens with one attached hydrogen (secondary N) is 1. The van der Waals surface area contributed by atoms with Crippen molar-refractivity contribution in [3.63, 3.8) is 0 Å². The molecule has 3 rings (SSSR count). The standard InChI is InChI=1S/C25H35N5O.HI/c1-6-26-25(27-18-21-10-12-22(13-11-21)24(31)28(4)5)30-16-14-29(15-17-30)23-9-7-8-19(2)20(23)3;/h7-13H,6,14-18H2,1-5H3,(H,26,27);1H. The number of hydrogen-bond acceptors (Lipinski definition) is 3. The third-order valence-corrected chi connectivity index (χ3v) is 5.85. The van der Waals surface area contributed by atoms with Gasteiger partial charge in [0.1, 0.15) is 0 Å². The molecule has 7 heteroatoms. The molecule has 1 saturated heterocycles. The van der Waals surface area contributed by atoms with Crippen LogP contribution in [0.5, 0.6) is 0 Å². The van der Waals surface area contributed by atoms with E-state index in [2.05, 4.69) is 54.1 Å². The summed E-state index contributed by atoms with van der Waals surface area (Å²) in [5.74, 6) is 0.974. The molecule has 0 aromatic heterocycles. The fraction of sp³-hybridized carbons (Fsp3) is 0.440. The minimum absolute atomic E-state index is 0. The summed E-state index contributed by atoms with van der Waals surface area (Å²) in [5, 5.41) is 3.44. The van der Waals surface area contributed by atoms with Crippen LogP contribution >= 0.6 is 24.0 Å². The number of rotatable bonds is 5. The van der Waals surface area contributed by atoms with E-state index in [1.54, 1.807) is 19.0 Å². The number of amides is 1. The van der Waals surface area contributed by atoms with Gasteiger partial charge < -0.3 is 20.0 Å². The van der Waals surface area contributed by atoms with Gasteiger partial charge in [-0.3, -0.25) is 4.79 Å². The quantitative estimate of drug-likeness (QED) is 0.349. The molecule has 6 nitrogen and oxygen atoms in total. The summed E-state index contributed by atoms with van der Waals surface area (Å²) in [6.45, 7) is 11.8. The van der Waals surface area contributed by atoms with Crippen molar-refractivity contribution in [1.82, 2.24) is 15.1 Å². The minimum Gasteiger partial charge on any atom is -0.368 e. The molecule has 1 fully saturated rings. The lowest BCUT2D eigenvalue weighted by atomic mass is 10.1. The largest absolute Gasteiger partial charge is 0.368 e. The van der Waals surface area contributed by atoms with Crippen molar-refractivity contribution in [3.05, 3.63) is 64.7 Å². The summed E-state index contributed by atoms with van der Waals surface area (Å²) in [5.41, 5.74) is 5.85. The first-order chi connectivity index (χ1) is 14.9. The van der Waals surface area contributed by atoms with E-state index in [0.29, 0.717) is 12.1 Å². The van der Waals surface area contributed by atoms with Crippen LogP contribution in [0.3, 0.4) is 0 Å². The summed E-state index contributed by atoms with van der Waals surface area (Å²) < 4.78 is 0. The minimum atomic E-state index is 0. The Hall–Kier alpha value is -2.29. The topological polar surface area (TPSA) is 51.2 Å². The van der Waals surface area contributed by atoms with E-state index < -0.39 is 0 Å². The van der Waals surface area contributed by atoms with Crippen LogP contribution in [0.4, 0.5) is 5.69 Å². The Bertz CT molecular complexity index is 918. The number of hydrogen-bond donors (Lipinski definition) is 1. The lowest BCUT2D eigenvalue weighted by Gasteiger charge is -2.38. The van der Waals surface area contributed by atoms with E-state index in [1.165, 1.54) is 16.8 Å². The first kappa shape index (κ1) is 26.0. The lowest BCUT2D eigenvalue weighted by Crippen LogP contribution is -2.52. The number of carbonyl (C=O) groups is 1. The third-order valence-electron chi connectivity index (χ3n) is 5.85. The number of aliphatic imine (C=N–C) groups is 1. The molecule has 0 unspecified atom stereocenters. The van der Waals surface area contributed by atoms with Crippen molar-refractivity contribution in [2.24, 2.45) is 4.99 Å². The van der Waals surface area contributed by atoms with Crippen molar-refractivity contribution in [2.75, 3.05) is 51.7 Å². The molecule has 0 aliphatic carbocycles. The molecule has 1 heterocycles. The van der Waals surface area contributed by atoms with Crippen molar-refractivity contribution >= 4 is 41.5 Å². The van der Waals surface area contributed by atoms with Gasteiger partial charge in [0.2, 0.25) is 0 Å². The SMILES string of the molecule is CCNC(=NCc1ccc(C(=O)N(C)C)cc1)N1CCN(c2cccc(C)c2C)CC1.I. The molecule has 1 N–H and O–H groups in total. The number of piperazine rings is 1. The number of anilines is 1. The van der Waals surface area contributed by atoms with Crippen LogP contribution in [0.25, 0.3) is 0 Å².